The SMILES string of the molecule is COC(OC)[SiH2]CN[C]=O. The quantitative estimate of drug-likeness (QED) is 0.220. The number of methoxy groups -OCH3 is 2. The highest BCUT2D eigenvalue weighted by Gasteiger charge is 2.03. The van der Waals surface area contributed by atoms with Crippen LogP contribution in [-0.4, -0.2) is 42.2 Å². The number of nitrogens with one attached hydrogen (secondary N) is 1. The van der Waals surface area contributed by atoms with Crippen molar-refractivity contribution in [1.82, 2.24) is 5.32 Å². The van der Waals surface area contributed by atoms with Gasteiger partial charge in [-0.25, -0.2) is 0 Å². The summed E-state index contributed by atoms with van der Waals surface area (Å²) in [5.41, 5.74) is 0. The maximum Gasteiger partial charge on any atom is 0.309 e. The van der Waals surface area contributed by atoms with Crippen LogP contribution < -0.4 is 5.32 Å². The monoisotopic (exact) mass is 162 g/mol. The fourth-order valence-corrected chi connectivity index (χ4v) is 1.53. The van der Waals surface area contributed by atoms with Crippen LogP contribution in [-0.2, 0) is 14.3 Å². The Hall–Kier alpha value is -0.393. The van der Waals surface area contributed by atoms with Crippen LogP contribution in [0.15, 0.2) is 0 Å². The van der Waals surface area contributed by atoms with Crippen molar-refractivity contribution in [2.75, 3.05) is 20.4 Å². The van der Waals surface area contributed by atoms with Crippen LogP contribution in [0.2, 0.25) is 0 Å². The number of rotatable bonds is 6. The number of amides is 1. The highest BCUT2D eigenvalue weighted by molar-refractivity contribution is 6.37. The minimum Gasteiger partial charge on any atom is -0.360 e. The summed E-state index contributed by atoms with van der Waals surface area (Å²) in [7, 11) is 2.67. The van der Waals surface area contributed by atoms with Gasteiger partial charge in [0.25, 0.3) is 0 Å². The van der Waals surface area contributed by atoms with Crippen LogP contribution in [0.4, 0.5) is 0 Å². The molecule has 10 heavy (non-hydrogen) atoms. The van der Waals surface area contributed by atoms with Gasteiger partial charge in [-0.15, -0.1) is 0 Å². The lowest BCUT2D eigenvalue weighted by atomic mass is 11.2. The molecule has 0 rings (SSSR count). The Morgan fingerprint density at radius 2 is 2.20 bits per heavy atom. The highest BCUT2D eigenvalue weighted by atomic mass is 28.2. The first-order valence-corrected chi connectivity index (χ1v) is 4.82. The fourth-order valence-electron chi connectivity index (χ4n) is 0.573. The molecule has 0 fully saturated rings. The van der Waals surface area contributed by atoms with Crippen LogP contribution >= 0.6 is 0 Å². The van der Waals surface area contributed by atoms with Crippen LogP contribution in [0.3, 0.4) is 0 Å². The van der Waals surface area contributed by atoms with E-state index in [1.165, 1.54) is 0 Å². The Kier molecular flexibility index (Phi) is 6.46. The topological polar surface area (TPSA) is 47.6 Å². The highest BCUT2D eigenvalue weighted by Crippen LogP contribution is 1.84. The Morgan fingerprint density at radius 3 is 2.60 bits per heavy atom. The minimum atomic E-state index is -0.504. The second kappa shape index (κ2) is 6.72. The molecule has 59 valence electrons. The molecule has 0 aromatic rings. The Labute approximate surface area is 62.7 Å². The predicted octanol–water partition coefficient (Wildman–Crippen LogP) is -1.65. The van der Waals surface area contributed by atoms with Gasteiger partial charge in [-0.05, 0) is 0 Å². The molecule has 0 aliphatic rings. The first-order valence-electron chi connectivity index (χ1n) is 3.00. The molecule has 5 heteroatoms. The second-order valence-corrected chi connectivity index (χ2v) is 3.46. The third-order valence-electron chi connectivity index (χ3n) is 1.10. The molecule has 0 unspecified atom stereocenters. The van der Waals surface area contributed by atoms with Gasteiger partial charge in [0, 0.05) is 20.4 Å². The van der Waals surface area contributed by atoms with Crippen molar-refractivity contribution in [2.24, 2.45) is 0 Å². The normalized spacial score (nSPS) is 11.1. The molecule has 0 atom stereocenters. The van der Waals surface area contributed by atoms with Crippen LogP contribution in [0.25, 0.3) is 0 Å². The lowest BCUT2D eigenvalue weighted by Gasteiger charge is -2.11. The summed E-state index contributed by atoms with van der Waals surface area (Å²) in [4.78, 5) is 9.67. The van der Waals surface area contributed by atoms with Crippen LogP contribution in [0.1, 0.15) is 0 Å². The van der Waals surface area contributed by atoms with E-state index in [1.807, 2.05) is 0 Å². The smallest absolute Gasteiger partial charge is 0.309 e. The molecule has 0 spiro atoms. The molecule has 0 bridgehead atoms. The van der Waals surface area contributed by atoms with E-state index in [-0.39, 0.29) is 5.91 Å². The van der Waals surface area contributed by atoms with E-state index >= 15 is 0 Å². The molecule has 0 aromatic heterocycles. The van der Waals surface area contributed by atoms with Crippen molar-refractivity contribution in [3.8, 4) is 0 Å². The van der Waals surface area contributed by atoms with Crippen molar-refractivity contribution in [3.05, 3.63) is 0 Å². The molecule has 0 aliphatic heterocycles. The summed E-state index contributed by atoms with van der Waals surface area (Å²) in [5, 5.41) is 2.44. The third kappa shape index (κ3) is 4.48. The molecule has 1 N–H and O–H groups in total. The molecule has 0 saturated heterocycles. The van der Waals surface area contributed by atoms with E-state index in [0.717, 1.165) is 0 Å². The summed E-state index contributed by atoms with van der Waals surface area (Å²) in [6.07, 6.45) is 2.26. The van der Waals surface area contributed by atoms with Gasteiger partial charge in [-0.1, -0.05) is 0 Å². The van der Waals surface area contributed by atoms with E-state index in [2.05, 4.69) is 5.32 Å². The molecule has 0 aromatic carbocycles. The van der Waals surface area contributed by atoms with Crippen molar-refractivity contribution in [3.63, 3.8) is 0 Å². The summed E-state index contributed by atoms with van der Waals surface area (Å²) in [6.45, 7) is 0. The molecular weight excluding hydrogens is 150 g/mol. The predicted molar refractivity (Wildman–Crippen MR) is 40.0 cm³/mol. The number of hydrogen-bond donors (Lipinski definition) is 1. The molecule has 0 saturated carbocycles. The first kappa shape index (κ1) is 9.61. The maximum absolute atomic E-state index is 9.67. The molecule has 0 heterocycles. The summed E-state index contributed by atoms with van der Waals surface area (Å²) >= 11 is 0. The van der Waals surface area contributed by atoms with Crippen molar-refractivity contribution < 1.29 is 14.3 Å². The lowest BCUT2D eigenvalue weighted by Crippen LogP contribution is -2.30. The molecule has 0 aliphatic carbocycles. The van der Waals surface area contributed by atoms with Crippen molar-refractivity contribution in [2.45, 2.75) is 5.91 Å². The zero-order valence-corrected chi connectivity index (χ0v) is 7.63. The van der Waals surface area contributed by atoms with Gasteiger partial charge in [0.05, 0.1) is 0 Å². The fraction of sp³-hybridized carbons (Fsp3) is 0.800. The van der Waals surface area contributed by atoms with E-state index in [1.54, 1.807) is 20.6 Å². The molecule has 1 amide bonds. The van der Waals surface area contributed by atoms with Gasteiger partial charge in [-0.2, -0.15) is 0 Å². The minimum absolute atomic E-state index is 0.0964. The largest absolute Gasteiger partial charge is 0.360 e. The van der Waals surface area contributed by atoms with Gasteiger partial charge >= 0.3 is 6.41 Å². The Bertz CT molecular complexity index is 87.0. The van der Waals surface area contributed by atoms with E-state index in [9.17, 15) is 4.79 Å². The number of hydrogen-bond acceptors (Lipinski definition) is 3. The van der Waals surface area contributed by atoms with Crippen molar-refractivity contribution in [1.29, 1.82) is 0 Å². The first-order chi connectivity index (χ1) is 4.85. The average Bonchev–Trinajstić information content (AvgIpc) is 1.99. The second-order valence-electron chi connectivity index (χ2n) is 1.72. The zero-order chi connectivity index (χ0) is 7.82. The summed E-state index contributed by atoms with van der Waals surface area (Å²) in [5.74, 6) is -0.0964. The van der Waals surface area contributed by atoms with E-state index in [0.29, 0.717) is 6.17 Å². The third-order valence-corrected chi connectivity index (χ3v) is 2.78. The number of carbonyl (C=O) groups excluding carboxylic acids is 1. The Balaban J connectivity index is 3.16. The Morgan fingerprint density at radius 1 is 1.60 bits per heavy atom. The van der Waals surface area contributed by atoms with Gasteiger partial charge < -0.3 is 14.8 Å². The van der Waals surface area contributed by atoms with Crippen molar-refractivity contribution >= 4 is 15.9 Å². The summed E-state index contributed by atoms with van der Waals surface area (Å²) in [6, 6.07) is 0. The van der Waals surface area contributed by atoms with Crippen LogP contribution in [0, 0.1) is 0 Å². The maximum atomic E-state index is 9.67. The van der Waals surface area contributed by atoms with Gasteiger partial charge in [0.2, 0.25) is 0 Å². The van der Waals surface area contributed by atoms with Gasteiger partial charge in [0.15, 0.2) is 0 Å². The molecular formula is C5H12NO3Si. The number of ether oxygens (including phenoxy) is 2. The summed E-state index contributed by atoms with van der Waals surface area (Å²) < 4.78 is 9.83. The van der Waals surface area contributed by atoms with Gasteiger partial charge in [0.1, 0.15) is 15.4 Å². The lowest BCUT2D eigenvalue weighted by molar-refractivity contribution is -0.0440. The average molecular weight is 162 g/mol. The van der Waals surface area contributed by atoms with Gasteiger partial charge in [-0.3, -0.25) is 4.79 Å². The standard InChI is InChI=1S/C5H12NO3Si/c1-8-5(9-2)10-4-6-3-7/h5H,4,10H2,1-2H3,(H,6,7). The molecule has 1 radical (unpaired) electrons. The molecule has 4 nitrogen and oxygen atoms in total. The zero-order valence-electron chi connectivity index (χ0n) is 6.22. The van der Waals surface area contributed by atoms with E-state index < -0.39 is 9.52 Å². The van der Waals surface area contributed by atoms with E-state index in [4.69, 9.17) is 9.47 Å². The van der Waals surface area contributed by atoms with Crippen LogP contribution in [0.5, 0.6) is 0 Å².